The van der Waals surface area contributed by atoms with Gasteiger partial charge in [-0.05, 0) is 41.5 Å². The molecule has 2 heterocycles. The molecule has 1 fully saturated rings. The lowest BCUT2D eigenvalue weighted by molar-refractivity contribution is -0.123. The number of nitrogens with one attached hydrogen (secondary N) is 1. The number of benzene rings is 2. The van der Waals surface area contributed by atoms with E-state index in [2.05, 4.69) is 21.2 Å². The fourth-order valence-electron chi connectivity index (χ4n) is 2.66. The van der Waals surface area contributed by atoms with Crippen molar-refractivity contribution in [2.75, 3.05) is 6.79 Å². The van der Waals surface area contributed by atoms with Gasteiger partial charge in [0.2, 0.25) is 6.79 Å². The van der Waals surface area contributed by atoms with Gasteiger partial charge < -0.3 is 14.8 Å². The second kappa shape index (κ2) is 6.25. The number of amides is 3. The zero-order valence-corrected chi connectivity index (χ0v) is 14.6. The number of urea groups is 1. The average Bonchev–Trinajstić information content (AvgIpc) is 3.16. The summed E-state index contributed by atoms with van der Waals surface area (Å²) in [5.74, 6) is 0.934. The van der Waals surface area contributed by atoms with Crippen LogP contribution in [-0.2, 0) is 11.3 Å². The minimum Gasteiger partial charge on any atom is -0.454 e. The maximum absolute atomic E-state index is 12.5. The van der Waals surface area contributed by atoms with Gasteiger partial charge >= 0.3 is 6.03 Å². The molecule has 0 radical (unpaired) electrons. The van der Waals surface area contributed by atoms with E-state index in [1.807, 2.05) is 24.3 Å². The molecule has 126 valence electrons. The molecule has 3 amide bonds. The van der Waals surface area contributed by atoms with E-state index in [-0.39, 0.29) is 24.9 Å². The highest BCUT2D eigenvalue weighted by Gasteiger charge is 2.33. The topological polar surface area (TPSA) is 67.9 Å². The van der Waals surface area contributed by atoms with E-state index >= 15 is 0 Å². The predicted molar refractivity (Wildman–Crippen MR) is 93.8 cm³/mol. The summed E-state index contributed by atoms with van der Waals surface area (Å²) >= 11 is 3.36. The fourth-order valence-corrected chi connectivity index (χ4v) is 2.92. The van der Waals surface area contributed by atoms with Gasteiger partial charge in [0.15, 0.2) is 11.5 Å². The summed E-state index contributed by atoms with van der Waals surface area (Å²) in [4.78, 5) is 25.9. The number of hydrogen-bond donors (Lipinski definition) is 1. The van der Waals surface area contributed by atoms with Crippen LogP contribution in [0.1, 0.15) is 11.1 Å². The lowest BCUT2D eigenvalue weighted by atomic mass is 10.1. The van der Waals surface area contributed by atoms with Gasteiger partial charge in [-0.1, -0.05) is 34.1 Å². The SMILES string of the molecule is O=C1NC(=Cc2ccc3c(c2)OCO3)C(=O)N1Cc1ccc(Br)cc1. The molecule has 0 aromatic heterocycles. The molecule has 7 heteroatoms. The quantitative estimate of drug-likeness (QED) is 0.633. The normalized spacial score (nSPS) is 17.3. The largest absolute Gasteiger partial charge is 0.454 e. The van der Waals surface area contributed by atoms with Crippen molar-refractivity contribution >= 4 is 33.9 Å². The molecule has 1 N–H and O–H groups in total. The number of imide groups is 1. The molecule has 0 bridgehead atoms. The van der Waals surface area contributed by atoms with Gasteiger partial charge in [0.05, 0.1) is 6.54 Å². The van der Waals surface area contributed by atoms with Gasteiger partial charge in [0.1, 0.15) is 5.70 Å². The van der Waals surface area contributed by atoms with Crippen molar-refractivity contribution in [1.29, 1.82) is 0 Å². The standard InChI is InChI=1S/C18H13BrN2O4/c19-13-4-1-11(2-5-13)9-21-17(22)14(20-18(21)23)7-12-3-6-15-16(8-12)25-10-24-15/h1-8H,9-10H2,(H,20,23). The maximum atomic E-state index is 12.5. The van der Waals surface area contributed by atoms with Crippen molar-refractivity contribution in [3.05, 3.63) is 63.8 Å². The molecule has 0 atom stereocenters. The number of carbonyl (C=O) groups excluding carboxylic acids is 2. The summed E-state index contributed by atoms with van der Waals surface area (Å²) in [5.41, 5.74) is 1.86. The molecule has 0 unspecified atom stereocenters. The summed E-state index contributed by atoms with van der Waals surface area (Å²) in [6.07, 6.45) is 1.63. The van der Waals surface area contributed by atoms with Crippen molar-refractivity contribution < 1.29 is 19.1 Å². The molecule has 25 heavy (non-hydrogen) atoms. The highest BCUT2D eigenvalue weighted by molar-refractivity contribution is 9.10. The highest BCUT2D eigenvalue weighted by atomic mass is 79.9. The van der Waals surface area contributed by atoms with Gasteiger partial charge in [0, 0.05) is 4.47 Å². The average molecular weight is 401 g/mol. The summed E-state index contributed by atoms with van der Waals surface area (Å²) in [7, 11) is 0. The van der Waals surface area contributed by atoms with Gasteiger partial charge in [0.25, 0.3) is 5.91 Å². The van der Waals surface area contributed by atoms with Crippen molar-refractivity contribution in [2.45, 2.75) is 6.54 Å². The molecule has 2 aliphatic rings. The van der Waals surface area contributed by atoms with E-state index in [1.54, 1.807) is 24.3 Å². The van der Waals surface area contributed by atoms with Gasteiger partial charge in [-0.25, -0.2) is 4.79 Å². The molecule has 0 spiro atoms. The van der Waals surface area contributed by atoms with Crippen LogP contribution in [0.2, 0.25) is 0 Å². The van der Waals surface area contributed by atoms with Crippen molar-refractivity contribution in [3.63, 3.8) is 0 Å². The zero-order valence-electron chi connectivity index (χ0n) is 13.0. The van der Waals surface area contributed by atoms with Crippen LogP contribution < -0.4 is 14.8 Å². The van der Waals surface area contributed by atoms with Gasteiger partial charge in [-0.3, -0.25) is 9.69 Å². The molecule has 2 aromatic carbocycles. The van der Waals surface area contributed by atoms with Crippen LogP contribution >= 0.6 is 15.9 Å². The van der Waals surface area contributed by atoms with E-state index in [9.17, 15) is 9.59 Å². The molecule has 2 aliphatic heterocycles. The number of halogens is 1. The van der Waals surface area contributed by atoms with Crippen LogP contribution in [0.25, 0.3) is 6.08 Å². The monoisotopic (exact) mass is 400 g/mol. The molecule has 0 aliphatic carbocycles. The Morgan fingerprint density at radius 2 is 1.84 bits per heavy atom. The summed E-state index contributed by atoms with van der Waals surface area (Å²) in [5, 5.41) is 2.62. The summed E-state index contributed by atoms with van der Waals surface area (Å²) in [6.45, 7) is 0.405. The first kappa shape index (κ1) is 15.7. The Morgan fingerprint density at radius 1 is 1.08 bits per heavy atom. The first-order valence-corrected chi connectivity index (χ1v) is 8.38. The number of carbonyl (C=O) groups is 2. The maximum Gasteiger partial charge on any atom is 0.329 e. The Morgan fingerprint density at radius 3 is 2.64 bits per heavy atom. The number of nitrogens with zero attached hydrogens (tertiary/aromatic N) is 1. The first-order valence-electron chi connectivity index (χ1n) is 7.59. The minimum atomic E-state index is -0.431. The lowest BCUT2D eigenvalue weighted by Crippen LogP contribution is -2.30. The van der Waals surface area contributed by atoms with E-state index in [0.29, 0.717) is 11.5 Å². The Balaban J connectivity index is 1.55. The third-order valence-corrected chi connectivity index (χ3v) is 4.45. The van der Waals surface area contributed by atoms with E-state index in [4.69, 9.17) is 9.47 Å². The van der Waals surface area contributed by atoms with Gasteiger partial charge in [-0.15, -0.1) is 0 Å². The number of hydrogen-bond acceptors (Lipinski definition) is 4. The first-order chi connectivity index (χ1) is 12.1. The number of fused-ring (bicyclic) bond motifs is 1. The third kappa shape index (κ3) is 3.10. The minimum absolute atomic E-state index is 0.187. The Kier molecular flexibility index (Phi) is 3.93. The van der Waals surface area contributed by atoms with Crippen molar-refractivity contribution in [2.24, 2.45) is 0 Å². The highest BCUT2D eigenvalue weighted by Crippen LogP contribution is 2.33. The zero-order chi connectivity index (χ0) is 17.4. The molecular weight excluding hydrogens is 388 g/mol. The molecule has 2 aromatic rings. The molecular formula is C18H13BrN2O4. The third-order valence-electron chi connectivity index (χ3n) is 3.92. The van der Waals surface area contributed by atoms with Gasteiger partial charge in [-0.2, -0.15) is 0 Å². The fraction of sp³-hybridized carbons (Fsp3) is 0.111. The van der Waals surface area contributed by atoms with Crippen LogP contribution in [0, 0.1) is 0 Å². The van der Waals surface area contributed by atoms with Crippen LogP contribution in [0.15, 0.2) is 52.6 Å². The second-order valence-electron chi connectivity index (χ2n) is 5.62. The van der Waals surface area contributed by atoms with Crippen LogP contribution in [0.3, 0.4) is 0 Å². The Bertz CT molecular complexity index is 892. The summed E-state index contributed by atoms with van der Waals surface area (Å²) in [6, 6.07) is 12.4. The molecule has 4 rings (SSSR count). The molecule has 6 nitrogen and oxygen atoms in total. The number of rotatable bonds is 3. The molecule has 0 saturated carbocycles. The molecule has 1 saturated heterocycles. The van der Waals surface area contributed by atoms with Crippen LogP contribution in [0.5, 0.6) is 11.5 Å². The lowest BCUT2D eigenvalue weighted by Gasteiger charge is -2.11. The van der Waals surface area contributed by atoms with Crippen molar-refractivity contribution in [1.82, 2.24) is 10.2 Å². The Hall–Kier alpha value is -2.80. The predicted octanol–water partition coefficient (Wildman–Crippen LogP) is 3.27. The van der Waals surface area contributed by atoms with Crippen molar-refractivity contribution in [3.8, 4) is 11.5 Å². The smallest absolute Gasteiger partial charge is 0.329 e. The van der Waals surface area contributed by atoms with E-state index in [0.717, 1.165) is 15.6 Å². The number of ether oxygens (including phenoxy) is 2. The van der Waals surface area contributed by atoms with Crippen LogP contribution in [0.4, 0.5) is 4.79 Å². The Labute approximate surface area is 152 Å². The van der Waals surface area contributed by atoms with E-state index in [1.165, 1.54) is 4.90 Å². The second-order valence-corrected chi connectivity index (χ2v) is 6.53. The summed E-state index contributed by atoms with van der Waals surface area (Å²) < 4.78 is 11.5. The van der Waals surface area contributed by atoms with E-state index < -0.39 is 6.03 Å². The van der Waals surface area contributed by atoms with Crippen LogP contribution in [-0.4, -0.2) is 23.6 Å².